The van der Waals surface area contributed by atoms with Crippen LogP contribution in [0, 0.1) is 0 Å². The van der Waals surface area contributed by atoms with Crippen LogP contribution < -0.4 is 0 Å². The number of benzene rings is 1. The van der Waals surface area contributed by atoms with E-state index in [1.165, 1.54) is 0 Å². The molecule has 0 N–H and O–H groups in total. The molecule has 2 heterocycles. The maximum Gasteiger partial charge on any atom is 0.170 e. The molecule has 0 unspecified atom stereocenters. The summed E-state index contributed by atoms with van der Waals surface area (Å²) < 4.78 is 1.64. The molecule has 0 radical (unpaired) electrons. The molecular weight excluding hydrogens is 274 g/mol. The summed E-state index contributed by atoms with van der Waals surface area (Å²) in [6.45, 7) is 0. The highest BCUT2D eigenvalue weighted by Gasteiger charge is 2.11. The summed E-state index contributed by atoms with van der Waals surface area (Å²) >= 11 is 5.97. The molecule has 0 spiro atoms. The number of aromatic nitrogens is 3. The molecule has 0 saturated carbocycles. The van der Waals surface area contributed by atoms with E-state index < -0.39 is 0 Å². The van der Waals surface area contributed by atoms with Crippen molar-refractivity contribution < 1.29 is 4.79 Å². The monoisotopic (exact) mass is 283 g/mol. The van der Waals surface area contributed by atoms with Crippen LogP contribution in [0.1, 0.15) is 10.5 Å². The van der Waals surface area contributed by atoms with Crippen molar-refractivity contribution in [2.75, 3.05) is 0 Å². The first-order valence-corrected chi connectivity index (χ1v) is 6.37. The van der Waals surface area contributed by atoms with E-state index in [0.717, 1.165) is 23.1 Å². The van der Waals surface area contributed by atoms with Crippen molar-refractivity contribution >= 4 is 17.9 Å². The molecule has 5 heteroatoms. The van der Waals surface area contributed by atoms with Gasteiger partial charge in [0, 0.05) is 29.2 Å². The van der Waals surface area contributed by atoms with Crippen LogP contribution in [0.2, 0.25) is 5.02 Å². The second kappa shape index (κ2) is 5.27. The fourth-order valence-electron chi connectivity index (χ4n) is 1.98. The highest BCUT2D eigenvalue weighted by atomic mass is 35.5. The molecule has 0 aliphatic rings. The molecule has 2 aromatic heterocycles. The van der Waals surface area contributed by atoms with Crippen LogP contribution in [0.5, 0.6) is 0 Å². The van der Waals surface area contributed by atoms with Crippen molar-refractivity contribution in [3.63, 3.8) is 0 Å². The lowest BCUT2D eigenvalue weighted by molar-refractivity contribution is 0.111. The van der Waals surface area contributed by atoms with Gasteiger partial charge in [0.2, 0.25) is 0 Å². The molecule has 0 bridgehead atoms. The first-order chi connectivity index (χ1) is 9.78. The van der Waals surface area contributed by atoms with Gasteiger partial charge in [-0.1, -0.05) is 17.7 Å². The molecule has 0 aliphatic carbocycles. The quantitative estimate of drug-likeness (QED) is 0.692. The van der Waals surface area contributed by atoms with Crippen LogP contribution in [0.3, 0.4) is 0 Å². The summed E-state index contributed by atoms with van der Waals surface area (Å²) in [5, 5.41) is 4.91. The average Bonchev–Trinajstić information content (AvgIpc) is 2.92. The van der Waals surface area contributed by atoms with Crippen molar-refractivity contribution in [1.29, 1.82) is 0 Å². The number of hydrogen-bond donors (Lipinski definition) is 0. The topological polar surface area (TPSA) is 47.8 Å². The van der Waals surface area contributed by atoms with Crippen molar-refractivity contribution in [2.45, 2.75) is 0 Å². The standard InChI is InChI=1S/C15H10ClN3O/c16-12-2-1-3-13(8-12)19-9-14(15(10-20)18-19)11-4-6-17-7-5-11/h1-10H. The van der Waals surface area contributed by atoms with Crippen LogP contribution in [-0.2, 0) is 0 Å². The molecule has 4 nitrogen and oxygen atoms in total. The predicted molar refractivity (Wildman–Crippen MR) is 77.2 cm³/mol. The fourth-order valence-corrected chi connectivity index (χ4v) is 2.16. The van der Waals surface area contributed by atoms with Crippen LogP contribution >= 0.6 is 11.6 Å². The van der Waals surface area contributed by atoms with Gasteiger partial charge in [0.15, 0.2) is 6.29 Å². The summed E-state index contributed by atoms with van der Waals surface area (Å²) in [7, 11) is 0. The normalized spacial score (nSPS) is 10.4. The molecule has 0 atom stereocenters. The Bertz CT molecular complexity index is 753. The lowest BCUT2D eigenvalue weighted by atomic mass is 10.1. The third-order valence-electron chi connectivity index (χ3n) is 2.92. The Kier molecular flexibility index (Phi) is 3.31. The van der Waals surface area contributed by atoms with E-state index in [-0.39, 0.29) is 0 Å². The Morgan fingerprint density at radius 2 is 1.95 bits per heavy atom. The predicted octanol–water partition coefficient (Wildman–Crippen LogP) is 3.40. The van der Waals surface area contributed by atoms with Crippen molar-refractivity contribution in [1.82, 2.24) is 14.8 Å². The molecule has 3 rings (SSSR count). The molecule has 0 saturated heterocycles. The van der Waals surface area contributed by atoms with Gasteiger partial charge < -0.3 is 0 Å². The first kappa shape index (κ1) is 12.6. The fraction of sp³-hybridized carbons (Fsp3) is 0. The molecule has 0 fully saturated rings. The zero-order valence-corrected chi connectivity index (χ0v) is 11.2. The van der Waals surface area contributed by atoms with E-state index in [1.54, 1.807) is 29.2 Å². The largest absolute Gasteiger partial charge is 0.296 e. The summed E-state index contributed by atoms with van der Waals surface area (Å²) in [5.41, 5.74) is 2.86. The zero-order chi connectivity index (χ0) is 13.9. The molecular formula is C15H10ClN3O. The lowest BCUT2D eigenvalue weighted by Gasteiger charge is -2.00. The SMILES string of the molecule is O=Cc1nn(-c2cccc(Cl)c2)cc1-c1ccncc1. The molecule has 0 amide bonds. The van der Waals surface area contributed by atoms with E-state index in [1.807, 2.05) is 30.5 Å². The van der Waals surface area contributed by atoms with Crippen molar-refractivity contribution in [3.8, 4) is 16.8 Å². The van der Waals surface area contributed by atoms with E-state index in [4.69, 9.17) is 11.6 Å². The van der Waals surface area contributed by atoms with Crippen LogP contribution in [0.15, 0.2) is 55.0 Å². The maximum atomic E-state index is 11.2. The number of rotatable bonds is 3. The summed E-state index contributed by atoms with van der Waals surface area (Å²) in [5.74, 6) is 0. The van der Waals surface area contributed by atoms with E-state index >= 15 is 0 Å². The second-order valence-corrected chi connectivity index (χ2v) is 4.64. The van der Waals surface area contributed by atoms with Crippen molar-refractivity contribution in [3.05, 3.63) is 65.7 Å². The number of hydrogen-bond acceptors (Lipinski definition) is 3. The van der Waals surface area contributed by atoms with E-state index in [2.05, 4.69) is 10.1 Å². The molecule has 3 aromatic rings. The average molecular weight is 284 g/mol. The lowest BCUT2D eigenvalue weighted by Crippen LogP contribution is -1.95. The van der Waals surface area contributed by atoms with Gasteiger partial charge in [0.1, 0.15) is 5.69 Å². The second-order valence-electron chi connectivity index (χ2n) is 4.21. The number of carbonyl (C=O) groups excluding carboxylic acids is 1. The summed E-state index contributed by atoms with van der Waals surface area (Å²) in [6, 6.07) is 11.0. The Labute approximate surface area is 120 Å². The zero-order valence-electron chi connectivity index (χ0n) is 10.4. The van der Waals surface area contributed by atoms with Gasteiger partial charge in [-0.3, -0.25) is 9.78 Å². The van der Waals surface area contributed by atoms with E-state index in [0.29, 0.717) is 10.7 Å². The highest BCUT2D eigenvalue weighted by Crippen LogP contribution is 2.23. The van der Waals surface area contributed by atoms with Gasteiger partial charge in [-0.05, 0) is 35.9 Å². The van der Waals surface area contributed by atoms with Crippen LogP contribution in [0.25, 0.3) is 16.8 Å². The van der Waals surface area contributed by atoms with Gasteiger partial charge in [-0.2, -0.15) is 5.10 Å². The number of carbonyl (C=O) groups is 1. The third-order valence-corrected chi connectivity index (χ3v) is 3.15. The first-order valence-electron chi connectivity index (χ1n) is 5.99. The smallest absolute Gasteiger partial charge is 0.170 e. The van der Waals surface area contributed by atoms with Crippen LogP contribution in [0.4, 0.5) is 0 Å². The Balaban J connectivity index is 2.12. The van der Waals surface area contributed by atoms with Gasteiger partial charge in [-0.25, -0.2) is 4.68 Å². The van der Waals surface area contributed by atoms with Gasteiger partial charge in [0.25, 0.3) is 0 Å². The minimum Gasteiger partial charge on any atom is -0.296 e. The van der Waals surface area contributed by atoms with Gasteiger partial charge in [-0.15, -0.1) is 0 Å². The van der Waals surface area contributed by atoms with Crippen molar-refractivity contribution in [2.24, 2.45) is 0 Å². The van der Waals surface area contributed by atoms with Crippen LogP contribution in [-0.4, -0.2) is 21.1 Å². The number of nitrogens with zero attached hydrogens (tertiary/aromatic N) is 3. The van der Waals surface area contributed by atoms with Gasteiger partial charge >= 0.3 is 0 Å². The molecule has 1 aromatic carbocycles. The minimum absolute atomic E-state index is 0.385. The Morgan fingerprint density at radius 3 is 2.65 bits per heavy atom. The van der Waals surface area contributed by atoms with Gasteiger partial charge in [0.05, 0.1) is 5.69 Å². The Hall–Kier alpha value is -2.46. The highest BCUT2D eigenvalue weighted by molar-refractivity contribution is 6.30. The van der Waals surface area contributed by atoms with E-state index in [9.17, 15) is 4.79 Å². The minimum atomic E-state index is 0.385. The molecule has 98 valence electrons. The number of halogens is 1. The number of aldehydes is 1. The Morgan fingerprint density at radius 1 is 1.15 bits per heavy atom. The molecule has 0 aliphatic heterocycles. The maximum absolute atomic E-state index is 11.2. The molecule has 20 heavy (non-hydrogen) atoms. The summed E-state index contributed by atoms with van der Waals surface area (Å²) in [4.78, 5) is 15.2. The number of pyridine rings is 1. The third kappa shape index (κ3) is 2.33. The summed E-state index contributed by atoms with van der Waals surface area (Å²) in [6.07, 6.45) is 5.92.